The van der Waals surface area contributed by atoms with Crippen molar-refractivity contribution in [3.05, 3.63) is 47.0 Å². The number of hydrogen-bond donors (Lipinski definition) is 0. The molecule has 0 bridgehead atoms. The van der Waals surface area contributed by atoms with E-state index in [1.807, 2.05) is 17.0 Å². The molecule has 1 saturated heterocycles. The molecule has 0 unspecified atom stereocenters. The Bertz CT molecular complexity index is 1110. The minimum Gasteiger partial charge on any atom is -0.494 e. The summed E-state index contributed by atoms with van der Waals surface area (Å²) in [6.45, 7) is 6.70. The maximum absolute atomic E-state index is 13.4. The number of fused-ring (bicyclic) bond motifs is 1. The first kappa shape index (κ1) is 28.0. The molecule has 0 saturated carbocycles. The third-order valence-corrected chi connectivity index (χ3v) is 8.40. The molecule has 0 spiro atoms. The number of ether oxygens (including phenoxy) is 2. The number of rotatable bonds is 10. The van der Waals surface area contributed by atoms with Crippen LogP contribution in [-0.2, 0) is 9.53 Å². The maximum atomic E-state index is 13.4. The summed E-state index contributed by atoms with van der Waals surface area (Å²) in [6, 6.07) is 12.1. The number of aromatic nitrogens is 1. The highest BCUT2D eigenvalue weighted by Gasteiger charge is 2.23. The Labute approximate surface area is 226 Å². The number of methoxy groups -OCH3 is 1. The quantitative estimate of drug-likeness (QED) is 0.228. The van der Waals surface area contributed by atoms with Crippen LogP contribution in [0.4, 0.5) is 5.13 Å². The first-order chi connectivity index (χ1) is 16.5. The summed E-state index contributed by atoms with van der Waals surface area (Å²) in [7, 11) is 1.62. The van der Waals surface area contributed by atoms with Crippen LogP contribution in [0.15, 0.2) is 41.3 Å². The SMILES string of the molecule is COc1ccc(Cl)c2sc(N(CCN3CCOCC3)C(=O)CCCSc3ccc(C)cc3)nc12.Cl. The molecule has 6 nitrogen and oxygen atoms in total. The number of thioether (sulfide) groups is 1. The number of benzene rings is 2. The van der Waals surface area contributed by atoms with E-state index in [1.54, 1.807) is 18.9 Å². The molecule has 2 aromatic carbocycles. The average molecular weight is 557 g/mol. The number of carbonyl (C=O) groups excluding carboxylic acids is 1. The van der Waals surface area contributed by atoms with Gasteiger partial charge < -0.3 is 9.47 Å². The lowest BCUT2D eigenvalue weighted by Gasteiger charge is -2.29. The predicted octanol–water partition coefficient (Wildman–Crippen LogP) is 5.93. The fourth-order valence-electron chi connectivity index (χ4n) is 3.80. The summed E-state index contributed by atoms with van der Waals surface area (Å²) in [6.07, 6.45) is 1.28. The van der Waals surface area contributed by atoms with Gasteiger partial charge in [-0.2, -0.15) is 0 Å². The Morgan fingerprint density at radius 2 is 1.97 bits per heavy atom. The summed E-state index contributed by atoms with van der Waals surface area (Å²) in [4.78, 5) is 23.5. The molecule has 1 aromatic heterocycles. The number of amides is 1. The fourth-order valence-corrected chi connectivity index (χ4v) is 5.95. The highest BCUT2D eigenvalue weighted by molar-refractivity contribution is 7.99. The molecule has 10 heteroatoms. The van der Waals surface area contributed by atoms with E-state index >= 15 is 0 Å². The predicted molar refractivity (Wildman–Crippen MR) is 149 cm³/mol. The number of carbonyl (C=O) groups is 1. The first-order valence-electron chi connectivity index (χ1n) is 11.5. The lowest BCUT2D eigenvalue weighted by Crippen LogP contribution is -2.43. The van der Waals surface area contributed by atoms with E-state index in [2.05, 4.69) is 36.1 Å². The maximum Gasteiger partial charge on any atom is 0.228 e. The topological polar surface area (TPSA) is 54.9 Å². The van der Waals surface area contributed by atoms with E-state index in [0.29, 0.717) is 34.4 Å². The van der Waals surface area contributed by atoms with Gasteiger partial charge in [-0.3, -0.25) is 14.6 Å². The summed E-state index contributed by atoms with van der Waals surface area (Å²) in [5.74, 6) is 1.65. The number of hydrogen-bond acceptors (Lipinski definition) is 7. The van der Waals surface area contributed by atoms with Crippen molar-refractivity contribution < 1.29 is 14.3 Å². The molecule has 0 N–H and O–H groups in total. The summed E-state index contributed by atoms with van der Waals surface area (Å²) >= 11 is 9.67. The number of aryl methyl sites for hydroxylation is 1. The van der Waals surface area contributed by atoms with Crippen molar-refractivity contribution in [2.45, 2.75) is 24.7 Å². The Hall–Kier alpha value is -1.55. The van der Waals surface area contributed by atoms with Crippen LogP contribution in [0, 0.1) is 6.92 Å². The van der Waals surface area contributed by atoms with Gasteiger partial charge in [0.2, 0.25) is 5.91 Å². The molecule has 0 radical (unpaired) electrons. The Kier molecular flexibility index (Phi) is 10.9. The minimum atomic E-state index is 0. The second-order valence-corrected chi connectivity index (χ2v) is 10.7. The molecular formula is C25H31Cl2N3O3S2. The molecule has 190 valence electrons. The van der Waals surface area contributed by atoms with Crippen molar-refractivity contribution in [1.29, 1.82) is 0 Å². The molecule has 3 aromatic rings. The molecule has 0 atom stereocenters. The van der Waals surface area contributed by atoms with Gasteiger partial charge in [0, 0.05) is 37.5 Å². The number of nitrogens with zero attached hydrogens (tertiary/aromatic N) is 3. The second-order valence-electron chi connectivity index (χ2n) is 8.19. The summed E-state index contributed by atoms with van der Waals surface area (Å²) < 4.78 is 11.8. The third-order valence-electron chi connectivity index (χ3n) is 5.77. The Balaban J connectivity index is 0.00000342. The van der Waals surface area contributed by atoms with E-state index in [-0.39, 0.29) is 18.3 Å². The number of anilines is 1. The number of halogens is 2. The molecule has 4 rings (SSSR count). The number of thiazole rings is 1. The van der Waals surface area contributed by atoms with Crippen LogP contribution in [-0.4, -0.2) is 68.0 Å². The van der Waals surface area contributed by atoms with Gasteiger partial charge in [0.15, 0.2) is 5.13 Å². The third kappa shape index (κ3) is 7.47. The van der Waals surface area contributed by atoms with E-state index in [9.17, 15) is 4.79 Å². The molecular weight excluding hydrogens is 525 g/mol. The van der Waals surface area contributed by atoms with E-state index in [1.165, 1.54) is 21.8 Å². The standard InChI is InChI=1S/C25H30ClN3O3S2.ClH/c1-18-5-7-19(8-6-18)33-17-3-4-22(30)29(12-11-28-13-15-32-16-14-28)25-27-23-21(31-2)10-9-20(26)24(23)34-25;/h5-10H,3-4,11-17H2,1-2H3;1H. The highest BCUT2D eigenvalue weighted by Crippen LogP contribution is 2.39. The Morgan fingerprint density at radius 1 is 1.23 bits per heavy atom. The van der Waals surface area contributed by atoms with Gasteiger partial charge >= 0.3 is 0 Å². The lowest BCUT2D eigenvalue weighted by molar-refractivity contribution is -0.118. The van der Waals surface area contributed by atoms with Gasteiger partial charge in [-0.05, 0) is 43.4 Å². The van der Waals surface area contributed by atoms with Crippen molar-refractivity contribution in [2.75, 3.05) is 57.2 Å². The second kappa shape index (κ2) is 13.7. The van der Waals surface area contributed by atoms with Crippen LogP contribution < -0.4 is 9.64 Å². The molecule has 35 heavy (non-hydrogen) atoms. The highest BCUT2D eigenvalue weighted by atomic mass is 35.5. The van der Waals surface area contributed by atoms with Gasteiger partial charge in [-0.1, -0.05) is 40.6 Å². The molecule has 1 amide bonds. The van der Waals surface area contributed by atoms with Crippen LogP contribution >= 0.6 is 47.1 Å². The van der Waals surface area contributed by atoms with Crippen LogP contribution in [0.1, 0.15) is 18.4 Å². The summed E-state index contributed by atoms with van der Waals surface area (Å²) in [5.41, 5.74) is 1.96. The van der Waals surface area contributed by atoms with Crippen molar-refractivity contribution in [2.24, 2.45) is 0 Å². The van der Waals surface area contributed by atoms with Crippen LogP contribution in [0.5, 0.6) is 5.75 Å². The zero-order valence-electron chi connectivity index (χ0n) is 20.0. The number of morpholine rings is 1. The van der Waals surface area contributed by atoms with Gasteiger partial charge in [0.25, 0.3) is 0 Å². The molecule has 1 aliphatic rings. The van der Waals surface area contributed by atoms with Crippen molar-refractivity contribution in [3.8, 4) is 5.75 Å². The monoisotopic (exact) mass is 555 g/mol. The average Bonchev–Trinajstić information content (AvgIpc) is 3.30. The molecule has 1 fully saturated rings. The molecule has 0 aliphatic carbocycles. The normalized spacial score (nSPS) is 14.0. The smallest absolute Gasteiger partial charge is 0.228 e. The van der Waals surface area contributed by atoms with Crippen molar-refractivity contribution in [3.63, 3.8) is 0 Å². The summed E-state index contributed by atoms with van der Waals surface area (Å²) in [5, 5.41) is 1.29. The van der Waals surface area contributed by atoms with Crippen LogP contribution in [0.3, 0.4) is 0 Å². The largest absolute Gasteiger partial charge is 0.494 e. The van der Waals surface area contributed by atoms with E-state index in [4.69, 9.17) is 26.1 Å². The van der Waals surface area contributed by atoms with E-state index < -0.39 is 0 Å². The van der Waals surface area contributed by atoms with Crippen molar-refractivity contribution in [1.82, 2.24) is 9.88 Å². The molecule has 2 heterocycles. The van der Waals surface area contributed by atoms with Gasteiger partial charge in [0.1, 0.15) is 11.3 Å². The minimum absolute atomic E-state index is 0. The van der Waals surface area contributed by atoms with E-state index in [0.717, 1.165) is 49.7 Å². The van der Waals surface area contributed by atoms with Gasteiger partial charge in [-0.25, -0.2) is 4.98 Å². The van der Waals surface area contributed by atoms with Crippen molar-refractivity contribution >= 4 is 68.4 Å². The lowest BCUT2D eigenvalue weighted by atomic mass is 10.2. The van der Waals surface area contributed by atoms with Gasteiger partial charge in [-0.15, -0.1) is 24.2 Å². The zero-order chi connectivity index (χ0) is 23.9. The van der Waals surface area contributed by atoms with Crippen LogP contribution in [0.2, 0.25) is 5.02 Å². The Morgan fingerprint density at radius 3 is 2.69 bits per heavy atom. The first-order valence-corrected chi connectivity index (χ1v) is 13.7. The zero-order valence-corrected chi connectivity index (χ0v) is 23.2. The van der Waals surface area contributed by atoms with Crippen LogP contribution in [0.25, 0.3) is 10.2 Å². The molecule has 1 aliphatic heterocycles. The fraction of sp³-hybridized carbons (Fsp3) is 0.440. The van der Waals surface area contributed by atoms with Gasteiger partial charge in [0.05, 0.1) is 30.0 Å².